The van der Waals surface area contributed by atoms with Gasteiger partial charge < -0.3 is 14.6 Å². The summed E-state index contributed by atoms with van der Waals surface area (Å²) in [7, 11) is 2.94. The zero-order valence-corrected chi connectivity index (χ0v) is 15.1. The molecule has 0 saturated heterocycles. The van der Waals surface area contributed by atoms with Gasteiger partial charge in [0.1, 0.15) is 0 Å². The minimum Gasteiger partial charge on any atom is -0.493 e. The number of benzene rings is 2. The van der Waals surface area contributed by atoms with Crippen LogP contribution < -0.4 is 9.47 Å². The summed E-state index contributed by atoms with van der Waals surface area (Å²) in [5, 5.41) is 9.59. The SMILES string of the molecule is COc1ccc(C(C(C)C(=O)O)N2C(=O)c3ccccc3C2=O)cc1OC. The summed E-state index contributed by atoms with van der Waals surface area (Å²) in [4.78, 5) is 38.5. The molecule has 0 saturated carbocycles. The molecule has 1 N–H and O–H groups in total. The summed E-state index contributed by atoms with van der Waals surface area (Å²) in [5.41, 5.74) is 1.01. The zero-order chi connectivity index (χ0) is 19.7. The molecule has 7 nitrogen and oxygen atoms in total. The highest BCUT2D eigenvalue weighted by atomic mass is 16.5. The molecule has 0 bridgehead atoms. The summed E-state index contributed by atoms with van der Waals surface area (Å²) >= 11 is 0. The fraction of sp³-hybridized carbons (Fsp3) is 0.250. The van der Waals surface area contributed by atoms with Gasteiger partial charge in [0.05, 0.1) is 37.3 Å². The molecule has 0 spiro atoms. The van der Waals surface area contributed by atoms with E-state index in [4.69, 9.17) is 9.47 Å². The quantitative estimate of drug-likeness (QED) is 0.787. The highest BCUT2D eigenvalue weighted by Crippen LogP contribution is 2.39. The molecule has 0 aliphatic carbocycles. The van der Waals surface area contributed by atoms with E-state index in [-0.39, 0.29) is 11.1 Å². The van der Waals surface area contributed by atoms with Crippen molar-refractivity contribution in [2.24, 2.45) is 5.92 Å². The second-order valence-corrected chi connectivity index (χ2v) is 6.21. The summed E-state index contributed by atoms with van der Waals surface area (Å²) in [6.45, 7) is 1.47. The fourth-order valence-corrected chi connectivity index (χ4v) is 3.29. The lowest BCUT2D eigenvalue weighted by molar-refractivity contribution is -0.142. The second kappa shape index (κ2) is 7.11. The second-order valence-electron chi connectivity index (χ2n) is 6.21. The molecule has 2 atom stereocenters. The van der Waals surface area contributed by atoms with Gasteiger partial charge in [0.15, 0.2) is 11.5 Å². The first-order valence-corrected chi connectivity index (χ1v) is 8.32. The van der Waals surface area contributed by atoms with Gasteiger partial charge in [-0.25, -0.2) is 0 Å². The maximum atomic E-state index is 12.9. The molecule has 0 fully saturated rings. The number of carbonyl (C=O) groups is 3. The van der Waals surface area contributed by atoms with Crippen molar-refractivity contribution in [3.8, 4) is 11.5 Å². The van der Waals surface area contributed by atoms with Crippen LogP contribution in [0.5, 0.6) is 11.5 Å². The molecule has 27 heavy (non-hydrogen) atoms. The first kappa shape index (κ1) is 18.4. The Morgan fingerprint density at radius 2 is 1.52 bits per heavy atom. The molecule has 2 aromatic rings. The molecule has 2 amide bonds. The number of methoxy groups -OCH3 is 2. The molecule has 140 valence electrons. The van der Waals surface area contributed by atoms with Crippen molar-refractivity contribution in [3.05, 3.63) is 59.2 Å². The van der Waals surface area contributed by atoms with Crippen LogP contribution in [0.3, 0.4) is 0 Å². The standard InChI is InChI=1S/C20H19NO6/c1-11(20(24)25)17(12-8-9-15(26-2)16(10-12)27-3)21-18(22)13-6-4-5-7-14(13)19(21)23/h4-11,17H,1-3H3,(H,24,25). The van der Waals surface area contributed by atoms with Gasteiger partial charge in [0.25, 0.3) is 11.8 Å². The van der Waals surface area contributed by atoms with E-state index in [2.05, 4.69) is 0 Å². The number of nitrogens with zero attached hydrogens (tertiary/aromatic N) is 1. The number of carbonyl (C=O) groups excluding carboxylic acids is 2. The molecule has 1 heterocycles. The minimum absolute atomic E-state index is 0.269. The average Bonchev–Trinajstić information content (AvgIpc) is 2.93. The van der Waals surface area contributed by atoms with Gasteiger partial charge in [0.2, 0.25) is 0 Å². The lowest BCUT2D eigenvalue weighted by Crippen LogP contribution is -2.39. The predicted octanol–water partition coefficient (Wildman–Crippen LogP) is 2.76. The van der Waals surface area contributed by atoms with E-state index >= 15 is 0 Å². The molecular weight excluding hydrogens is 350 g/mol. The van der Waals surface area contributed by atoms with E-state index in [1.165, 1.54) is 21.1 Å². The van der Waals surface area contributed by atoms with Gasteiger partial charge in [-0.3, -0.25) is 19.3 Å². The monoisotopic (exact) mass is 369 g/mol. The number of aliphatic carboxylic acids is 1. The van der Waals surface area contributed by atoms with Crippen LogP contribution in [0, 0.1) is 5.92 Å². The maximum Gasteiger partial charge on any atom is 0.308 e. The largest absolute Gasteiger partial charge is 0.493 e. The third kappa shape index (κ3) is 3.01. The molecule has 1 aliphatic heterocycles. The van der Waals surface area contributed by atoms with Gasteiger partial charge in [-0.05, 0) is 36.8 Å². The van der Waals surface area contributed by atoms with Gasteiger partial charge >= 0.3 is 5.97 Å². The lowest BCUT2D eigenvalue weighted by atomic mass is 9.92. The Bertz CT molecular complexity index is 887. The molecule has 0 radical (unpaired) electrons. The van der Waals surface area contributed by atoms with Crippen molar-refractivity contribution in [2.45, 2.75) is 13.0 Å². The summed E-state index contributed by atoms with van der Waals surface area (Å²) < 4.78 is 10.5. The number of ether oxygens (including phenoxy) is 2. The number of amides is 2. The summed E-state index contributed by atoms with van der Waals surface area (Å²) in [6, 6.07) is 10.3. The number of imide groups is 1. The fourth-order valence-electron chi connectivity index (χ4n) is 3.29. The minimum atomic E-state index is -1.12. The Kier molecular flexibility index (Phi) is 4.85. The molecule has 1 aliphatic rings. The number of carboxylic acids is 1. The van der Waals surface area contributed by atoms with Crippen molar-refractivity contribution in [2.75, 3.05) is 14.2 Å². The average molecular weight is 369 g/mol. The van der Waals surface area contributed by atoms with Crippen LogP contribution in [0.15, 0.2) is 42.5 Å². The highest BCUT2D eigenvalue weighted by molar-refractivity contribution is 6.21. The first-order chi connectivity index (χ1) is 12.9. The third-order valence-corrected chi connectivity index (χ3v) is 4.72. The van der Waals surface area contributed by atoms with Gasteiger partial charge in [-0.15, -0.1) is 0 Å². The number of hydrogen-bond donors (Lipinski definition) is 1. The van der Waals surface area contributed by atoms with E-state index < -0.39 is 29.7 Å². The molecule has 2 unspecified atom stereocenters. The van der Waals surface area contributed by atoms with E-state index in [1.54, 1.807) is 42.5 Å². The normalized spacial score (nSPS) is 15.3. The third-order valence-electron chi connectivity index (χ3n) is 4.72. The Morgan fingerprint density at radius 1 is 0.963 bits per heavy atom. The maximum absolute atomic E-state index is 12.9. The van der Waals surface area contributed by atoms with Crippen molar-refractivity contribution < 1.29 is 29.0 Å². The van der Waals surface area contributed by atoms with Crippen LogP contribution in [0.1, 0.15) is 39.2 Å². The van der Waals surface area contributed by atoms with E-state index in [0.29, 0.717) is 17.1 Å². The van der Waals surface area contributed by atoms with Gasteiger partial charge in [-0.1, -0.05) is 18.2 Å². The number of hydrogen-bond acceptors (Lipinski definition) is 5. The van der Waals surface area contributed by atoms with E-state index in [9.17, 15) is 19.5 Å². The van der Waals surface area contributed by atoms with Crippen molar-refractivity contribution in [1.29, 1.82) is 0 Å². The van der Waals surface area contributed by atoms with Crippen molar-refractivity contribution in [1.82, 2.24) is 4.90 Å². The zero-order valence-electron chi connectivity index (χ0n) is 15.1. The Hall–Kier alpha value is -3.35. The molecular formula is C20H19NO6. The Balaban J connectivity index is 2.13. The lowest BCUT2D eigenvalue weighted by Gasteiger charge is -2.30. The van der Waals surface area contributed by atoms with Crippen molar-refractivity contribution >= 4 is 17.8 Å². The highest BCUT2D eigenvalue weighted by Gasteiger charge is 2.44. The smallest absolute Gasteiger partial charge is 0.308 e. The molecule has 0 aromatic heterocycles. The topological polar surface area (TPSA) is 93.1 Å². The van der Waals surface area contributed by atoms with Crippen molar-refractivity contribution in [3.63, 3.8) is 0 Å². The van der Waals surface area contributed by atoms with Crippen LogP contribution in [0.2, 0.25) is 0 Å². The van der Waals surface area contributed by atoms with E-state index in [1.807, 2.05) is 0 Å². The number of fused-ring (bicyclic) bond motifs is 1. The van der Waals surface area contributed by atoms with Crippen LogP contribution in [-0.4, -0.2) is 42.0 Å². The molecule has 3 rings (SSSR count). The predicted molar refractivity (Wildman–Crippen MR) is 96.0 cm³/mol. The van der Waals surface area contributed by atoms with E-state index in [0.717, 1.165) is 4.90 Å². The Morgan fingerprint density at radius 3 is 2.00 bits per heavy atom. The summed E-state index contributed by atoms with van der Waals surface area (Å²) in [5.74, 6) is -2.32. The van der Waals surface area contributed by atoms with Crippen LogP contribution in [0.25, 0.3) is 0 Å². The number of rotatable bonds is 6. The van der Waals surface area contributed by atoms with Crippen LogP contribution in [-0.2, 0) is 4.79 Å². The summed E-state index contributed by atoms with van der Waals surface area (Å²) in [6.07, 6.45) is 0. The Labute approximate surface area is 156 Å². The van der Waals surface area contributed by atoms with Crippen LogP contribution >= 0.6 is 0 Å². The first-order valence-electron chi connectivity index (χ1n) is 8.32. The molecule has 7 heteroatoms. The number of carboxylic acid groups (broad SMARTS) is 1. The van der Waals surface area contributed by atoms with Gasteiger partial charge in [-0.2, -0.15) is 0 Å². The molecule has 2 aromatic carbocycles. The van der Waals surface area contributed by atoms with Crippen LogP contribution in [0.4, 0.5) is 0 Å². The van der Waals surface area contributed by atoms with Gasteiger partial charge in [0, 0.05) is 0 Å².